The minimum Gasteiger partial charge on any atom is -0.374 e. The van der Waals surface area contributed by atoms with Gasteiger partial charge in [0.05, 0.1) is 0 Å². The largest absolute Gasteiger partial charge is 0.500 e. The molecule has 0 aromatic heterocycles. The lowest BCUT2D eigenvalue weighted by Gasteiger charge is -2.28. The molecular formula is C34H71IO3Si. The Morgan fingerprint density at radius 2 is 0.538 bits per heavy atom. The van der Waals surface area contributed by atoms with E-state index in [2.05, 4.69) is 22.6 Å². The molecule has 0 rings (SSSR count). The summed E-state index contributed by atoms with van der Waals surface area (Å²) in [6.07, 6.45) is 37.3. The highest BCUT2D eigenvalue weighted by molar-refractivity contribution is 14.1. The predicted molar refractivity (Wildman–Crippen MR) is 184 cm³/mol. The van der Waals surface area contributed by atoms with Crippen molar-refractivity contribution in [1.29, 1.82) is 0 Å². The number of hydrogen-bond acceptors (Lipinski definition) is 3. The van der Waals surface area contributed by atoms with Gasteiger partial charge in [0.25, 0.3) is 0 Å². The summed E-state index contributed by atoms with van der Waals surface area (Å²) in [6.45, 7) is 8.19. The Morgan fingerprint density at radius 3 is 0.744 bits per heavy atom. The molecule has 0 aliphatic carbocycles. The fourth-order valence-electron chi connectivity index (χ4n) is 5.68. The van der Waals surface area contributed by atoms with Crippen LogP contribution in [0.4, 0.5) is 0 Å². The molecule has 0 saturated carbocycles. The number of alkyl halides is 1. The first-order valence-electron chi connectivity index (χ1n) is 17.7. The normalized spacial score (nSPS) is 12.0. The van der Waals surface area contributed by atoms with E-state index in [1.54, 1.807) is 0 Å². The van der Waals surface area contributed by atoms with Gasteiger partial charge in [-0.3, -0.25) is 0 Å². The average molecular weight is 683 g/mol. The molecule has 5 heteroatoms. The topological polar surface area (TPSA) is 27.7 Å². The van der Waals surface area contributed by atoms with E-state index in [1.807, 2.05) is 20.8 Å². The Bertz CT molecular complexity index is 435. The first-order valence-corrected chi connectivity index (χ1v) is 21.2. The van der Waals surface area contributed by atoms with Gasteiger partial charge in [-0.25, -0.2) is 0 Å². The van der Waals surface area contributed by atoms with Crippen LogP contribution >= 0.6 is 22.6 Å². The molecule has 0 amide bonds. The van der Waals surface area contributed by atoms with Crippen molar-refractivity contribution in [2.24, 2.45) is 0 Å². The highest BCUT2D eigenvalue weighted by Crippen LogP contribution is 2.21. The van der Waals surface area contributed by atoms with E-state index in [4.69, 9.17) is 13.3 Å². The molecule has 0 heterocycles. The maximum Gasteiger partial charge on any atom is 0.500 e. The second-order valence-electron chi connectivity index (χ2n) is 11.6. The maximum atomic E-state index is 5.96. The molecule has 3 nitrogen and oxygen atoms in total. The summed E-state index contributed by atoms with van der Waals surface area (Å²) in [5, 5.41) is 0. The quantitative estimate of drug-likeness (QED) is 0.0293. The van der Waals surface area contributed by atoms with Crippen molar-refractivity contribution >= 4 is 31.4 Å². The molecule has 0 spiro atoms. The van der Waals surface area contributed by atoms with Gasteiger partial charge in [0.15, 0.2) is 0 Å². The van der Waals surface area contributed by atoms with Crippen LogP contribution in [-0.4, -0.2) is 33.1 Å². The summed E-state index contributed by atoms with van der Waals surface area (Å²) in [5.74, 6) is 0. The molecule has 39 heavy (non-hydrogen) atoms. The van der Waals surface area contributed by atoms with Crippen LogP contribution in [0.25, 0.3) is 0 Å². The lowest BCUT2D eigenvalue weighted by atomic mass is 10.0. The summed E-state index contributed by atoms with van der Waals surface area (Å²) in [5.41, 5.74) is 0. The van der Waals surface area contributed by atoms with Gasteiger partial charge in [-0.05, 0) is 38.0 Å². The van der Waals surface area contributed by atoms with E-state index in [1.165, 1.54) is 171 Å². The highest BCUT2D eigenvalue weighted by Gasteiger charge is 2.39. The van der Waals surface area contributed by atoms with Gasteiger partial charge in [-0.1, -0.05) is 177 Å². The van der Waals surface area contributed by atoms with Crippen molar-refractivity contribution < 1.29 is 13.3 Å². The molecular weight excluding hydrogens is 611 g/mol. The zero-order valence-corrected chi connectivity index (χ0v) is 30.2. The fourth-order valence-corrected chi connectivity index (χ4v) is 8.90. The van der Waals surface area contributed by atoms with Gasteiger partial charge >= 0.3 is 8.80 Å². The summed E-state index contributed by atoms with van der Waals surface area (Å²) in [4.78, 5) is 0. The number of unbranched alkanes of at least 4 members (excludes halogenated alkanes) is 25. The summed E-state index contributed by atoms with van der Waals surface area (Å²) < 4.78 is 19.2. The maximum absolute atomic E-state index is 5.96. The zero-order valence-electron chi connectivity index (χ0n) is 27.0. The van der Waals surface area contributed by atoms with Gasteiger partial charge in [-0.2, -0.15) is 0 Å². The van der Waals surface area contributed by atoms with Gasteiger partial charge < -0.3 is 13.3 Å². The van der Waals surface area contributed by atoms with Gasteiger partial charge in [0, 0.05) is 25.9 Å². The van der Waals surface area contributed by atoms with Crippen molar-refractivity contribution in [3.8, 4) is 0 Å². The second kappa shape index (κ2) is 33.3. The molecule has 0 fully saturated rings. The molecule has 0 saturated heterocycles. The highest BCUT2D eigenvalue weighted by atomic mass is 127. The van der Waals surface area contributed by atoms with E-state index in [9.17, 15) is 0 Å². The Hall–Kier alpha value is 0.827. The third kappa shape index (κ3) is 28.7. The van der Waals surface area contributed by atoms with E-state index < -0.39 is 8.80 Å². The third-order valence-corrected chi connectivity index (χ3v) is 11.9. The molecule has 0 N–H and O–H groups in total. The number of hydrogen-bond donors (Lipinski definition) is 0. The molecule has 0 atom stereocenters. The number of halogens is 1. The average Bonchev–Trinajstić information content (AvgIpc) is 2.93. The lowest BCUT2D eigenvalue weighted by Crippen LogP contribution is -2.45. The molecule has 0 aliphatic rings. The Kier molecular flexibility index (Phi) is 34.0. The fraction of sp³-hybridized carbons (Fsp3) is 1.00. The van der Waals surface area contributed by atoms with E-state index in [0.29, 0.717) is 19.8 Å². The molecule has 0 bridgehead atoms. The number of rotatable bonds is 34. The predicted octanol–water partition coefficient (Wildman–Crippen LogP) is 12.6. The molecule has 236 valence electrons. The van der Waals surface area contributed by atoms with Crippen molar-refractivity contribution in [1.82, 2.24) is 0 Å². The SMILES string of the molecule is CCO[Si](CCCCCCCCCCCCCCCCCCCCCCCCCCCCI)(OCC)OCC. The second-order valence-corrected chi connectivity index (χ2v) is 15.4. The van der Waals surface area contributed by atoms with E-state index in [0.717, 1.165) is 6.04 Å². The van der Waals surface area contributed by atoms with Crippen molar-refractivity contribution in [3.63, 3.8) is 0 Å². The molecule has 0 aliphatic heterocycles. The van der Waals surface area contributed by atoms with Crippen LogP contribution in [0.1, 0.15) is 188 Å². The van der Waals surface area contributed by atoms with E-state index in [-0.39, 0.29) is 0 Å². The van der Waals surface area contributed by atoms with Crippen LogP contribution in [0.2, 0.25) is 6.04 Å². The smallest absolute Gasteiger partial charge is 0.374 e. The minimum absolute atomic E-state index is 0.686. The van der Waals surface area contributed by atoms with Gasteiger partial charge in [-0.15, -0.1) is 0 Å². The van der Waals surface area contributed by atoms with Crippen LogP contribution in [-0.2, 0) is 13.3 Å². The Balaban J connectivity index is 3.27. The Labute approximate surface area is 261 Å². The van der Waals surface area contributed by atoms with E-state index >= 15 is 0 Å². The van der Waals surface area contributed by atoms with Crippen LogP contribution in [0.15, 0.2) is 0 Å². The third-order valence-electron chi connectivity index (χ3n) is 7.96. The molecule has 0 radical (unpaired) electrons. The summed E-state index contributed by atoms with van der Waals surface area (Å²) in [7, 11) is -2.42. The monoisotopic (exact) mass is 682 g/mol. The van der Waals surface area contributed by atoms with Crippen LogP contribution in [0.3, 0.4) is 0 Å². The van der Waals surface area contributed by atoms with Crippen molar-refractivity contribution in [2.45, 2.75) is 194 Å². The summed E-state index contributed by atoms with van der Waals surface area (Å²) in [6, 6.07) is 0.974. The standard InChI is InChI=1S/C34H71IO3Si/c1-4-36-39(37-5-2,38-6-3)34-32-30-28-26-24-22-20-18-16-14-12-10-8-7-9-11-13-15-17-19-21-23-25-27-29-31-33-35/h4-34H2,1-3H3. The van der Waals surface area contributed by atoms with Crippen molar-refractivity contribution in [3.05, 3.63) is 0 Å². The van der Waals surface area contributed by atoms with Crippen LogP contribution in [0.5, 0.6) is 0 Å². The first-order chi connectivity index (χ1) is 19.2. The molecule has 0 aromatic rings. The summed E-state index contributed by atoms with van der Waals surface area (Å²) >= 11 is 2.50. The Morgan fingerprint density at radius 1 is 0.333 bits per heavy atom. The van der Waals surface area contributed by atoms with Crippen molar-refractivity contribution in [2.75, 3.05) is 24.2 Å². The lowest BCUT2D eigenvalue weighted by molar-refractivity contribution is 0.0706. The minimum atomic E-state index is -2.42. The van der Waals surface area contributed by atoms with Crippen LogP contribution in [0, 0.1) is 0 Å². The molecule has 0 unspecified atom stereocenters. The van der Waals surface area contributed by atoms with Crippen LogP contribution < -0.4 is 0 Å². The zero-order chi connectivity index (χ0) is 28.5. The van der Waals surface area contributed by atoms with Gasteiger partial charge in [0.1, 0.15) is 0 Å². The van der Waals surface area contributed by atoms with Gasteiger partial charge in [0.2, 0.25) is 0 Å². The molecule has 0 aromatic carbocycles. The first kappa shape index (κ1) is 39.8.